The number of ether oxygens (including phenoxy) is 1. The van der Waals surface area contributed by atoms with E-state index in [1.165, 1.54) is 19.3 Å². The average molecular weight is 416 g/mol. The van der Waals surface area contributed by atoms with Gasteiger partial charge in [-0.2, -0.15) is 0 Å². The van der Waals surface area contributed by atoms with Crippen molar-refractivity contribution < 1.29 is 4.74 Å². The molecule has 5 nitrogen and oxygen atoms in total. The second kappa shape index (κ2) is 8.55. The van der Waals surface area contributed by atoms with Crippen LogP contribution in [0.5, 0.6) is 5.88 Å². The van der Waals surface area contributed by atoms with E-state index in [4.69, 9.17) is 4.74 Å². The first-order valence-corrected chi connectivity index (χ1v) is 7.88. The number of hydrogen-bond acceptors (Lipinski definition) is 3. The second-order valence-electron chi connectivity index (χ2n) is 5.85. The van der Waals surface area contributed by atoms with Gasteiger partial charge in [0.05, 0.1) is 6.54 Å². The molecule has 1 atom stereocenters. The Kier molecular flexibility index (Phi) is 6.72. The van der Waals surface area contributed by atoms with E-state index in [9.17, 15) is 0 Å². The molecule has 0 aromatic carbocycles. The Morgan fingerprint density at radius 3 is 2.95 bits per heavy atom. The standard InChI is InChI=1S/C16H24N4O.HI/c1-17-16(19-10-7-13-5-6-13)20-11-8-14(12-20)21-15-4-2-3-9-18-15;/h2-4,9,13-14H,5-8,10-12H2,1H3,(H,17,19);1H. The summed E-state index contributed by atoms with van der Waals surface area (Å²) in [5.41, 5.74) is 0. The van der Waals surface area contributed by atoms with Gasteiger partial charge in [0.2, 0.25) is 5.88 Å². The number of aromatic nitrogens is 1. The Hall–Kier alpha value is -1.05. The molecule has 0 bridgehead atoms. The fourth-order valence-electron chi connectivity index (χ4n) is 2.73. The number of aliphatic imine (C=N–C) groups is 1. The zero-order chi connectivity index (χ0) is 14.5. The lowest BCUT2D eigenvalue weighted by molar-refractivity contribution is 0.205. The van der Waals surface area contributed by atoms with Crippen molar-refractivity contribution in [2.45, 2.75) is 31.8 Å². The Morgan fingerprint density at radius 2 is 2.27 bits per heavy atom. The van der Waals surface area contributed by atoms with Crippen molar-refractivity contribution in [3.63, 3.8) is 0 Å². The Labute approximate surface area is 149 Å². The van der Waals surface area contributed by atoms with Crippen molar-refractivity contribution in [3.8, 4) is 5.88 Å². The summed E-state index contributed by atoms with van der Waals surface area (Å²) in [6.45, 7) is 2.89. The molecule has 1 aliphatic heterocycles. The predicted molar refractivity (Wildman–Crippen MR) is 99.0 cm³/mol. The first-order valence-electron chi connectivity index (χ1n) is 7.88. The van der Waals surface area contributed by atoms with Crippen molar-refractivity contribution in [1.82, 2.24) is 15.2 Å². The first-order chi connectivity index (χ1) is 10.3. The number of likely N-dealkylation sites (tertiary alicyclic amines) is 1. The van der Waals surface area contributed by atoms with Crippen LogP contribution >= 0.6 is 24.0 Å². The molecule has 1 N–H and O–H groups in total. The molecule has 1 aromatic heterocycles. The van der Waals surface area contributed by atoms with Gasteiger partial charge >= 0.3 is 0 Å². The third-order valence-corrected chi connectivity index (χ3v) is 4.11. The first kappa shape index (κ1) is 17.3. The molecule has 2 heterocycles. The highest BCUT2D eigenvalue weighted by molar-refractivity contribution is 14.0. The third-order valence-electron chi connectivity index (χ3n) is 4.11. The number of halogens is 1. The van der Waals surface area contributed by atoms with Gasteiger partial charge in [0.25, 0.3) is 0 Å². The van der Waals surface area contributed by atoms with E-state index in [2.05, 4.69) is 20.2 Å². The zero-order valence-corrected chi connectivity index (χ0v) is 15.4. The van der Waals surface area contributed by atoms with Crippen molar-refractivity contribution in [3.05, 3.63) is 24.4 Å². The summed E-state index contributed by atoms with van der Waals surface area (Å²) in [5, 5.41) is 3.47. The van der Waals surface area contributed by atoms with E-state index >= 15 is 0 Å². The average Bonchev–Trinajstić information content (AvgIpc) is 3.23. The third kappa shape index (κ3) is 5.00. The van der Waals surface area contributed by atoms with Crippen LogP contribution in [0.1, 0.15) is 25.7 Å². The summed E-state index contributed by atoms with van der Waals surface area (Å²) in [5.74, 6) is 2.67. The van der Waals surface area contributed by atoms with Crippen LogP contribution in [0.2, 0.25) is 0 Å². The molecule has 122 valence electrons. The fourth-order valence-corrected chi connectivity index (χ4v) is 2.73. The fraction of sp³-hybridized carbons (Fsp3) is 0.625. The highest BCUT2D eigenvalue weighted by Crippen LogP contribution is 2.31. The molecule has 2 fully saturated rings. The monoisotopic (exact) mass is 416 g/mol. The molecule has 1 unspecified atom stereocenters. The molecular weight excluding hydrogens is 391 g/mol. The number of nitrogens with one attached hydrogen (secondary N) is 1. The highest BCUT2D eigenvalue weighted by Gasteiger charge is 2.27. The highest BCUT2D eigenvalue weighted by atomic mass is 127. The predicted octanol–water partition coefficient (Wildman–Crippen LogP) is 2.53. The normalized spacial score (nSPS) is 21.4. The molecule has 0 radical (unpaired) electrons. The van der Waals surface area contributed by atoms with Crippen molar-refractivity contribution in [1.29, 1.82) is 0 Å². The topological polar surface area (TPSA) is 49.8 Å². The summed E-state index contributed by atoms with van der Waals surface area (Å²) < 4.78 is 5.92. The van der Waals surface area contributed by atoms with Crippen LogP contribution in [0.4, 0.5) is 0 Å². The van der Waals surface area contributed by atoms with Gasteiger partial charge in [0, 0.05) is 38.8 Å². The van der Waals surface area contributed by atoms with Crippen molar-refractivity contribution in [2.75, 3.05) is 26.7 Å². The number of pyridine rings is 1. The van der Waals surface area contributed by atoms with Gasteiger partial charge in [0.15, 0.2) is 5.96 Å². The van der Waals surface area contributed by atoms with E-state index in [1.54, 1.807) is 6.20 Å². The lowest BCUT2D eigenvalue weighted by atomic mass is 10.3. The van der Waals surface area contributed by atoms with E-state index in [-0.39, 0.29) is 30.1 Å². The van der Waals surface area contributed by atoms with Crippen LogP contribution in [0.25, 0.3) is 0 Å². The minimum absolute atomic E-state index is 0. The summed E-state index contributed by atoms with van der Waals surface area (Å²) in [4.78, 5) is 10.9. The molecule has 1 aliphatic carbocycles. The summed E-state index contributed by atoms with van der Waals surface area (Å²) in [7, 11) is 1.85. The Balaban J connectivity index is 0.00000176. The number of guanidine groups is 1. The Bertz CT molecular complexity index is 478. The molecule has 6 heteroatoms. The van der Waals surface area contributed by atoms with E-state index in [1.807, 2.05) is 25.2 Å². The SMILES string of the molecule is CN=C(NCCC1CC1)N1CCC(Oc2ccccn2)C1.I. The maximum atomic E-state index is 5.92. The smallest absolute Gasteiger partial charge is 0.213 e. The summed E-state index contributed by atoms with van der Waals surface area (Å²) in [6.07, 6.45) is 7.05. The molecule has 0 amide bonds. The van der Waals surface area contributed by atoms with Gasteiger partial charge in [0.1, 0.15) is 6.10 Å². The van der Waals surface area contributed by atoms with Crippen LogP contribution < -0.4 is 10.1 Å². The summed E-state index contributed by atoms with van der Waals surface area (Å²) >= 11 is 0. The maximum absolute atomic E-state index is 5.92. The van der Waals surface area contributed by atoms with Gasteiger partial charge in [-0.3, -0.25) is 4.99 Å². The quantitative estimate of drug-likeness (QED) is 0.456. The molecule has 3 rings (SSSR count). The van der Waals surface area contributed by atoms with E-state index in [0.29, 0.717) is 5.88 Å². The van der Waals surface area contributed by atoms with Gasteiger partial charge in [-0.15, -0.1) is 24.0 Å². The molecule has 2 aliphatic rings. The molecule has 0 spiro atoms. The van der Waals surface area contributed by atoms with Gasteiger partial charge < -0.3 is 15.0 Å². The number of hydrogen-bond donors (Lipinski definition) is 1. The maximum Gasteiger partial charge on any atom is 0.213 e. The minimum atomic E-state index is 0. The van der Waals surface area contributed by atoms with Crippen molar-refractivity contribution in [2.24, 2.45) is 10.9 Å². The van der Waals surface area contributed by atoms with Gasteiger partial charge in [-0.05, 0) is 18.4 Å². The molecule has 1 aromatic rings. The molecular formula is C16H25IN4O. The van der Waals surface area contributed by atoms with Crippen molar-refractivity contribution >= 4 is 29.9 Å². The minimum Gasteiger partial charge on any atom is -0.472 e. The molecule has 22 heavy (non-hydrogen) atoms. The van der Waals surface area contributed by atoms with Crippen LogP contribution in [-0.2, 0) is 0 Å². The zero-order valence-electron chi connectivity index (χ0n) is 13.1. The van der Waals surface area contributed by atoms with Gasteiger partial charge in [-0.25, -0.2) is 4.98 Å². The van der Waals surface area contributed by atoms with Crippen LogP contribution in [0.15, 0.2) is 29.4 Å². The summed E-state index contributed by atoms with van der Waals surface area (Å²) in [6, 6.07) is 5.76. The number of nitrogens with zero attached hydrogens (tertiary/aromatic N) is 3. The van der Waals surface area contributed by atoms with Crippen LogP contribution in [0, 0.1) is 5.92 Å². The second-order valence-corrected chi connectivity index (χ2v) is 5.85. The lowest BCUT2D eigenvalue weighted by Gasteiger charge is -2.21. The number of rotatable bonds is 5. The van der Waals surface area contributed by atoms with E-state index < -0.39 is 0 Å². The van der Waals surface area contributed by atoms with Crippen LogP contribution in [0.3, 0.4) is 0 Å². The Morgan fingerprint density at radius 1 is 1.41 bits per heavy atom. The van der Waals surface area contributed by atoms with Crippen LogP contribution in [-0.4, -0.2) is 48.6 Å². The van der Waals surface area contributed by atoms with Gasteiger partial charge in [-0.1, -0.05) is 18.9 Å². The lowest BCUT2D eigenvalue weighted by Crippen LogP contribution is -2.41. The van der Waals surface area contributed by atoms with E-state index in [0.717, 1.165) is 37.9 Å². The molecule has 1 saturated heterocycles. The molecule has 1 saturated carbocycles. The largest absolute Gasteiger partial charge is 0.472 e.